The van der Waals surface area contributed by atoms with Crippen LogP contribution >= 0.6 is 11.8 Å². The lowest BCUT2D eigenvalue weighted by molar-refractivity contribution is 0.0973. The molecule has 1 aliphatic carbocycles. The maximum Gasteiger partial charge on any atom is 0.259 e. The Morgan fingerprint density at radius 3 is 2.50 bits per heavy atom. The molecule has 0 bridgehead atoms. The van der Waals surface area contributed by atoms with Crippen LogP contribution < -0.4 is 10.2 Å². The van der Waals surface area contributed by atoms with Gasteiger partial charge in [0.15, 0.2) is 0 Å². The van der Waals surface area contributed by atoms with Gasteiger partial charge in [0.25, 0.3) is 11.8 Å². The molecule has 3 aromatic rings. The van der Waals surface area contributed by atoms with Gasteiger partial charge in [-0.05, 0) is 67.4 Å². The van der Waals surface area contributed by atoms with E-state index in [0.29, 0.717) is 16.8 Å². The standard InChI is InChI=1S/C26H21N3O2S/c27-16-17-9-11-18(12-10-17)25(30)28-19-13-14-24-22(15-19)29(20-5-1-2-6-20)26(31)21-7-3-4-8-23(21)32-24/h3-4,7-15,20H,1-2,5-6H2,(H,28,30). The summed E-state index contributed by atoms with van der Waals surface area (Å²) in [6.45, 7) is 0. The molecule has 32 heavy (non-hydrogen) atoms. The van der Waals surface area contributed by atoms with Crippen molar-refractivity contribution in [3.05, 3.63) is 83.4 Å². The summed E-state index contributed by atoms with van der Waals surface area (Å²) in [5.41, 5.74) is 3.20. The molecule has 1 aliphatic heterocycles. The molecule has 2 aliphatic rings. The molecule has 1 fully saturated rings. The van der Waals surface area contributed by atoms with Crippen molar-refractivity contribution in [1.29, 1.82) is 5.26 Å². The predicted octanol–water partition coefficient (Wildman–Crippen LogP) is 5.86. The van der Waals surface area contributed by atoms with E-state index in [1.807, 2.05) is 47.4 Å². The number of hydrogen-bond donors (Lipinski definition) is 1. The second-order valence-corrected chi connectivity index (χ2v) is 9.12. The molecule has 1 N–H and O–H groups in total. The van der Waals surface area contributed by atoms with Crippen LogP contribution in [0.1, 0.15) is 52.0 Å². The number of amides is 2. The number of carbonyl (C=O) groups excluding carboxylic acids is 2. The molecule has 1 heterocycles. The number of anilines is 2. The largest absolute Gasteiger partial charge is 0.322 e. The molecule has 0 aromatic heterocycles. The highest BCUT2D eigenvalue weighted by atomic mass is 32.2. The van der Waals surface area contributed by atoms with Gasteiger partial charge in [0.05, 0.1) is 22.9 Å². The van der Waals surface area contributed by atoms with Crippen molar-refractivity contribution in [3.63, 3.8) is 0 Å². The number of rotatable bonds is 3. The summed E-state index contributed by atoms with van der Waals surface area (Å²) >= 11 is 1.59. The summed E-state index contributed by atoms with van der Waals surface area (Å²) < 4.78 is 0. The third-order valence-electron chi connectivity index (χ3n) is 6.00. The zero-order chi connectivity index (χ0) is 22.1. The van der Waals surface area contributed by atoms with E-state index in [1.165, 1.54) is 0 Å². The molecule has 0 radical (unpaired) electrons. The van der Waals surface area contributed by atoms with Crippen LogP contribution in [0.5, 0.6) is 0 Å². The van der Waals surface area contributed by atoms with Gasteiger partial charge >= 0.3 is 0 Å². The first-order chi connectivity index (χ1) is 15.6. The van der Waals surface area contributed by atoms with Crippen LogP contribution in [0.2, 0.25) is 0 Å². The van der Waals surface area contributed by atoms with Gasteiger partial charge in [-0.15, -0.1) is 0 Å². The van der Waals surface area contributed by atoms with E-state index in [4.69, 9.17) is 5.26 Å². The van der Waals surface area contributed by atoms with Crippen LogP contribution in [0.25, 0.3) is 0 Å². The molecule has 0 saturated heterocycles. The van der Waals surface area contributed by atoms with Crippen molar-refractivity contribution in [2.75, 3.05) is 10.2 Å². The first kappa shape index (κ1) is 20.3. The van der Waals surface area contributed by atoms with E-state index >= 15 is 0 Å². The summed E-state index contributed by atoms with van der Waals surface area (Å²) in [6.07, 6.45) is 4.21. The van der Waals surface area contributed by atoms with Gasteiger partial charge in [0, 0.05) is 27.1 Å². The number of nitrogens with one attached hydrogen (secondary N) is 1. The Morgan fingerprint density at radius 1 is 1.00 bits per heavy atom. The van der Waals surface area contributed by atoms with Crippen molar-refractivity contribution in [3.8, 4) is 6.07 Å². The van der Waals surface area contributed by atoms with Crippen LogP contribution in [0.4, 0.5) is 11.4 Å². The minimum Gasteiger partial charge on any atom is -0.322 e. The van der Waals surface area contributed by atoms with Gasteiger partial charge in [-0.25, -0.2) is 0 Å². The fourth-order valence-electron chi connectivity index (χ4n) is 4.38. The van der Waals surface area contributed by atoms with Crippen molar-refractivity contribution in [2.45, 2.75) is 41.5 Å². The Hall–Kier alpha value is -3.56. The number of nitriles is 1. The average molecular weight is 440 g/mol. The summed E-state index contributed by atoms with van der Waals surface area (Å²) in [7, 11) is 0. The molecule has 158 valence electrons. The Kier molecular flexibility index (Phi) is 5.42. The number of nitrogens with zero attached hydrogens (tertiary/aromatic N) is 2. The van der Waals surface area contributed by atoms with Crippen molar-refractivity contribution >= 4 is 35.0 Å². The van der Waals surface area contributed by atoms with Crippen molar-refractivity contribution in [1.82, 2.24) is 0 Å². The maximum absolute atomic E-state index is 13.6. The highest BCUT2D eigenvalue weighted by Gasteiger charge is 2.34. The van der Waals surface area contributed by atoms with Crippen molar-refractivity contribution < 1.29 is 9.59 Å². The third kappa shape index (κ3) is 3.76. The van der Waals surface area contributed by atoms with E-state index in [-0.39, 0.29) is 17.9 Å². The smallest absolute Gasteiger partial charge is 0.259 e. The van der Waals surface area contributed by atoms with E-state index in [2.05, 4.69) is 11.4 Å². The van der Waals surface area contributed by atoms with Gasteiger partial charge in [0.2, 0.25) is 0 Å². The normalized spacial score (nSPS) is 15.5. The number of fused-ring (bicyclic) bond motifs is 2. The van der Waals surface area contributed by atoms with Crippen LogP contribution in [0.15, 0.2) is 76.5 Å². The Labute approximate surface area is 191 Å². The quantitative estimate of drug-likeness (QED) is 0.554. The molecule has 0 unspecified atom stereocenters. The van der Waals surface area contributed by atoms with Crippen LogP contribution in [-0.2, 0) is 0 Å². The van der Waals surface area contributed by atoms with Gasteiger partial charge in [0.1, 0.15) is 0 Å². The topological polar surface area (TPSA) is 73.2 Å². The molecule has 1 saturated carbocycles. The highest BCUT2D eigenvalue weighted by Crippen LogP contribution is 2.44. The van der Waals surface area contributed by atoms with E-state index in [1.54, 1.807) is 36.0 Å². The van der Waals surface area contributed by atoms with E-state index in [0.717, 1.165) is 46.7 Å². The van der Waals surface area contributed by atoms with Crippen molar-refractivity contribution in [2.24, 2.45) is 0 Å². The Balaban J connectivity index is 1.51. The molecular formula is C26H21N3O2S. The number of carbonyl (C=O) groups is 2. The lowest BCUT2D eigenvalue weighted by Crippen LogP contribution is -2.39. The fourth-order valence-corrected chi connectivity index (χ4v) is 5.43. The molecule has 6 heteroatoms. The van der Waals surface area contributed by atoms with Gasteiger partial charge < -0.3 is 10.2 Å². The molecule has 5 rings (SSSR count). The molecule has 0 spiro atoms. The minimum atomic E-state index is -0.252. The first-order valence-electron chi connectivity index (χ1n) is 10.7. The SMILES string of the molecule is N#Cc1ccc(C(=O)Nc2ccc3c(c2)N(C2CCCC2)C(=O)c2ccccc2S3)cc1. The lowest BCUT2D eigenvalue weighted by Gasteiger charge is -2.29. The zero-order valence-corrected chi connectivity index (χ0v) is 18.2. The van der Waals surface area contributed by atoms with Crippen LogP contribution in [0.3, 0.4) is 0 Å². The molecule has 5 nitrogen and oxygen atoms in total. The Morgan fingerprint density at radius 2 is 1.75 bits per heavy atom. The monoisotopic (exact) mass is 439 g/mol. The third-order valence-corrected chi connectivity index (χ3v) is 7.14. The highest BCUT2D eigenvalue weighted by molar-refractivity contribution is 7.99. The predicted molar refractivity (Wildman–Crippen MR) is 125 cm³/mol. The summed E-state index contributed by atoms with van der Waals surface area (Å²) in [4.78, 5) is 30.3. The second-order valence-electron chi connectivity index (χ2n) is 8.04. The molecule has 0 atom stereocenters. The molecule has 3 aromatic carbocycles. The lowest BCUT2D eigenvalue weighted by atomic mass is 10.1. The fraction of sp³-hybridized carbons (Fsp3) is 0.192. The molecule has 2 amide bonds. The van der Waals surface area contributed by atoms with E-state index < -0.39 is 0 Å². The zero-order valence-electron chi connectivity index (χ0n) is 17.4. The number of benzene rings is 3. The maximum atomic E-state index is 13.6. The summed E-state index contributed by atoms with van der Waals surface area (Å²) in [5, 5.41) is 11.9. The second kappa shape index (κ2) is 8.52. The first-order valence-corrected chi connectivity index (χ1v) is 11.5. The summed E-state index contributed by atoms with van der Waals surface area (Å²) in [6, 6.07) is 22.2. The van der Waals surface area contributed by atoms with Gasteiger partial charge in [-0.1, -0.05) is 36.7 Å². The minimum absolute atomic E-state index is 0.0225. The van der Waals surface area contributed by atoms with Gasteiger partial charge in [-0.3, -0.25) is 9.59 Å². The van der Waals surface area contributed by atoms with Crippen LogP contribution in [0, 0.1) is 11.3 Å². The number of hydrogen-bond acceptors (Lipinski definition) is 4. The van der Waals surface area contributed by atoms with Crippen LogP contribution in [-0.4, -0.2) is 17.9 Å². The van der Waals surface area contributed by atoms with Gasteiger partial charge in [-0.2, -0.15) is 5.26 Å². The van der Waals surface area contributed by atoms with E-state index in [9.17, 15) is 9.59 Å². The average Bonchev–Trinajstić information content (AvgIpc) is 3.31. The summed E-state index contributed by atoms with van der Waals surface area (Å²) in [5.74, 6) is -0.230. The molecular weight excluding hydrogens is 418 g/mol. The Bertz CT molecular complexity index is 1240.